The van der Waals surface area contributed by atoms with Crippen molar-refractivity contribution in [3.05, 3.63) is 433 Å². The molecular formula is C99H70O. The van der Waals surface area contributed by atoms with Gasteiger partial charge in [0.05, 0.1) is 5.41 Å². The standard InChI is InChI=1S/C49H32.C25H18O.C24H16.CH4/c1-2-18-36(19-3-1)49(45-28-14-12-22-39(45)37-20-6-7-21-38(37)40-23-13-15-29-46(40)49)48-43-26-10-8-24-41(43)47(42-25-9-11-27-44(42)48)35-31-30-33-16-4-5-17-34(33)32-35;26-25(18-10-2-1-3-11-18)23-16-8-6-14-21(23)19-12-4-5-13-20(19)22-15-7-9-17-24(22)25;1-2-8-18-15-21(14-13-17(18)7-1)24-22-11-5-3-9-19(22)16-20-10-4-6-12-23(20)24;/h1-32H;1-17,26H;1-16H;1H4. The minimum absolute atomic E-state index is 0. The lowest BCUT2D eigenvalue weighted by Gasteiger charge is -2.40. The van der Waals surface area contributed by atoms with Crippen LogP contribution in [-0.2, 0) is 11.0 Å². The fraction of sp³-hybridized carbons (Fsp3) is 0.0303. The van der Waals surface area contributed by atoms with Gasteiger partial charge >= 0.3 is 0 Å². The van der Waals surface area contributed by atoms with Crippen LogP contribution in [0.5, 0.6) is 0 Å². The minimum atomic E-state index is -1.20. The van der Waals surface area contributed by atoms with E-state index in [4.69, 9.17) is 0 Å². The maximum absolute atomic E-state index is 12.2. The van der Waals surface area contributed by atoms with Crippen molar-refractivity contribution in [2.24, 2.45) is 0 Å². The zero-order chi connectivity index (χ0) is 65.9. The molecule has 0 unspecified atom stereocenters. The van der Waals surface area contributed by atoms with E-state index in [9.17, 15) is 5.11 Å². The molecule has 0 atom stereocenters. The van der Waals surface area contributed by atoms with Crippen LogP contribution in [0.15, 0.2) is 394 Å². The van der Waals surface area contributed by atoms with Gasteiger partial charge in [-0.2, -0.15) is 0 Å². The van der Waals surface area contributed by atoms with Gasteiger partial charge in [-0.25, -0.2) is 0 Å². The highest BCUT2D eigenvalue weighted by Crippen LogP contribution is 2.59. The number of benzene rings is 18. The third-order valence-electron chi connectivity index (χ3n) is 20.9. The largest absolute Gasteiger partial charge is 0.376 e. The van der Waals surface area contributed by atoms with Crippen molar-refractivity contribution in [2.45, 2.75) is 18.4 Å². The maximum Gasteiger partial charge on any atom is 0.141 e. The Morgan fingerprint density at radius 1 is 0.190 bits per heavy atom. The summed E-state index contributed by atoms with van der Waals surface area (Å²) in [6.45, 7) is 0. The molecule has 2 aliphatic rings. The number of rotatable bonds is 5. The molecule has 0 aliphatic heterocycles. The first-order valence-electron chi connectivity index (χ1n) is 34.3. The second kappa shape index (κ2) is 25.5. The topological polar surface area (TPSA) is 20.2 Å². The van der Waals surface area contributed by atoms with Crippen LogP contribution in [0.1, 0.15) is 46.4 Å². The summed E-state index contributed by atoms with van der Waals surface area (Å²) in [5, 5.41) is 27.5. The molecular weight excluding hydrogens is 1210 g/mol. The summed E-state index contributed by atoms with van der Waals surface area (Å²) in [4.78, 5) is 0. The fourth-order valence-electron chi connectivity index (χ4n) is 16.6. The molecule has 0 saturated carbocycles. The highest BCUT2D eigenvalue weighted by Gasteiger charge is 2.46. The van der Waals surface area contributed by atoms with Crippen molar-refractivity contribution in [3.8, 4) is 66.8 Å². The van der Waals surface area contributed by atoms with Gasteiger partial charge in [-0.3, -0.25) is 0 Å². The van der Waals surface area contributed by atoms with Crippen LogP contribution in [-0.4, -0.2) is 5.11 Å². The molecule has 1 heteroatoms. The van der Waals surface area contributed by atoms with Crippen molar-refractivity contribution < 1.29 is 5.11 Å². The Labute approximate surface area is 584 Å². The van der Waals surface area contributed by atoms with Crippen molar-refractivity contribution in [1.29, 1.82) is 0 Å². The molecule has 18 aromatic carbocycles. The quantitative estimate of drug-likeness (QED) is 0.170. The van der Waals surface area contributed by atoms with Gasteiger partial charge in [0.25, 0.3) is 0 Å². The third-order valence-corrected chi connectivity index (χ3v) is 20.9. The SMILES string of the molecule is C.OC1(c2ccccc2)c2ccccc2-c2ccccc2-c2ccccc21.c1ccc(C2(c3c4ccccc4c(-c4ccc5ccccc5c4)c4ccccc34)c3ccccc3-c3ccccc3-c3ccccc32)cc1.c1ccc2cc(-c3c4ccccc4cc4ccccc34)ccc2c1. The summed E-state index contributed by atoms with van der Waals surface area (Å²) in [6, 6.07) is 142. The molecule has 2 aliphatic carbocycles. The Balaban J connectivity index is 0.000000123. The normalized spacial score (nSPS) is 12.7. The van der Waals surface area contributed by atoms with E-state index in [2.05, 4.69) is 328 Å². The number of hydrogen-bond acceptors (Lipinski definition) is 1. The Kier molecular flexibility index (Phi) is 15.6. The summed E-state index contributed by atoms with van der Waals surface area (Å²) in [6.07, 6.45) is 0. The molecule has 0 saturated heterocycles. The van der Waals surface area contributed by atoms with Crippen molar-refractivity contribution in [2.75, 3.05) is 0 Å². The van der Waals surface area contributed by atoms with E-state index >= 15 is 0 Å². The van der Waals surface area contributed by atoms with E-state index in [1.165, 1.54) is 131 Å². The van der Waals surface area contributed by atoms with Crippen LogP contribution in [0, 0.1) is 0 Å². The molecule has 0 bridgehead atoms. The van der Waals surface area contributed by atoms with Gasteiger partial charge in [0.2, 0.25) is 0 Å². The van der Waals surface area contributed by atoms with Gasteiger partial charge in [-0.1, -0.05) is 384 Å². The van der Waals surface area contributed by atoms with Crippen LogP contribution in [0.2, 0.25) is 0 Å². The van der Waals surface area contributed by atoms with Crippen molar-refractivity contribution >= 4 is 64.6 Å². The minimum Gasteiger partial charge on any atom is -0.376 e. The van der Waals surface area contributed by atoms with Crippen molar-refractivity contribution in [1.82, 2.24) is 0 Å². The van der Waals surface area contributed by atoms with Crippen LogP contribution in [0.4, 0.5) is 0 Å². The highest BCUT2D eigenvalue weighted by atomic mass is 16.3. The van der Waals surface area contributed by atoms with Gasteiger partial charge < -0.3 is 5.11 Å². The van der Waals surface area contributed by atoms with Gasteiger partial charge in [0.1, 0.15) is 5.60 Å². The van der Waals surface area contributed by atoms with E-state index < -0.39 is 11.0 Å². The molecule has 0 heterocycles. The van der Waals surface area contributed by atoms with E-state index in [1.807, 2.05) is 66.7 Å². The van der Waals surface area contributed by atoms with Crippen LogP contribution >= 0.6 is 0 Å². The molecule has 0 spiro atoms. The van der Waals surface area contributed by atoms with Gasteiger partial charge in [-0.05, 0) is 177 Å². The van der Waals surface area contributed by atoms with E-state index in [0.717, 1.165) is 38.9 Å². The molecule has 0 aromatic heterocycles. The first-order valence-corrected chi connectivity index (χ1v) is 34.3. The molecule has 1 N–H and O–H groups in total. The average molecular weight is 1280 g/mol. The maximum atomic E-state index is 12.2. The van der Waals surface area contributed by atoms with E-state index in [1.54, 1.807) is 0 Å². The number of aliphatic hydroxyl groups is 1. The van der Waals surface area contributed by atoms with Crippen LogP contribution in [0.25, 0.3) is 131 Å². The molecule has 0 fully saturated rings. The Hall–Kier alpha value is -12.5. The number of fused-ring (bicyclic) bond motifs is 16. The summed E-state index contributed by atoms with van der Waals surface area (Å²) in [5.74, 6) is 0. The monoisotopic (exact) mass is 1270 g/mol. The fourth-order valence-corrected chi connectivity index (χ4v) is 16.6. The summed E-state index contributed by atoms with van der Waals surface area (Å²) < 4.78 is 0. The van der Waals surface area contributed by atoms with Crippen LogP contribution < -0.4 is 0 Å². The lowest BCUT2D eigenvalue weighted by atomic mass is 9.61. The predicted molar refractivity (Wildman–Crippen MR) is 424 cm³/mol. The Morgan fingerprint density at radius 3 is 0.880 bits per heavy atom. The van der Waals surface area contributed by atoms with Gasteiger partial charge in [0.15, 0.2) is 0 Å². The van der Waals surface area contributed by atoms with E-state index in [-0.39, 0.29) is 7.43 Å². The smallest absolute Gasteiger partial charge is 0.141 e. The second-order valence-corrected chi connectivity index (χ2v) is 26.1. The molecule has 0 radical (unpaired) electrons. The van der Waals surface area contributed by atoms with Gasteiger partial charge in [-0.15, -0.1) is 0 Å². The Bertz CT molecular complexity index is 5890. The molecule has 100 heavy (non-hydrogen) atoms. The zero-order valence-electron chi connectivity index (χ0n) is 54.5. The molecule has 472 valence electrons. The first-order chi connectivity index (χ1) is 49.0. The molecule has 1 nitrogen and oxygen atoms in total. The lowest BCUT2D eigenvalue weighted by molar-refractivity contribution is 0.127. The van der Waals surface area contributed by atoms with Crippen LogP contribution in [0.3, 0.4) is 0 Å². The van der Waals surface area contributed by atoms with E-state index in [0.29, 0.717) is 0 Å². The molecule has 20 rings (SSSR count). The highest BCUT2D eigenvalue weighted by molar-refractivity contribution is 6.18. The Morgan fingerprint density at radius 2 is 0.470 bits per heavy atom. The third kappa shape index (κ3) is 9.96. The summed E-state index contributed by atoms with van der Waals surface area (Å²) in [7, 11) is 0. The lowest BCUT2D eigenvalue weighted by Crippen LogP contribution is -2.32. The van der Waals surface area contributed by atoms with Gasteiger partial charge in [0, 0.05) is 11.1 Å². The summed E-state index contributed by atoms with van der Waals surface area (Å²) >= 11 is 0. The predicted octanol–water partition coefficient (Wildman–Crippen LogP) is 25.9. The number of hydrogen-bond donors (Lipinski definition) is 1. The first kappa shape index (κ1) is 61.1. The second-order valence-electron chi connectivity index (χ2n) is 26.1. The molecule has 18 aromatic rings. The molecule has 0 amide bonds. The zero-order valence-corrected chi connectivity index (χ0v) is 54.5. The van der Waals surface area contributed by atoms with Crippen molar-refractivity contribution in [3.63, 3.8) is 0 Å². The average Bonchev–Trinajstić information content (AvgIpc) is 1.22. The summed E-state index contributed by atoms with van der Waals surface area (Å²) in [5.41, 5.74) is 20.7.